The second-order valence-corrected chi connectivity index (χ2v) is 4.87. The number of methoxy groups -OCH3 is 1. The number of nitrogens with one attached hydrogen (secondary N) is 1. The molecule has 0 aliphatic heterocycles. The number of hydrogen-bond acceptors (Lipinski definition) is 5. The van der Waals surface area contributed by atoms with Gasteiger partial charge in [-0.25, -0.2) is 4.79 Å². The van der Waals surface area contributed by atoms with Gasteiger partial charge in [-0.3, -0.25) is 0 Å². The van der Waals surface area contributed by atoms with Crippen LogP contribution in [0.5, 0.6) is 5.75 Å². The van der Waals surface area contributed by atoms with Gasteiger partial charge in [0, 0.05) is 26.1 Å². The fourth-order valence-electron chi connectivity index (χ4n) is 2.19. The summed E-state index contributed by atoms with van der Waals surface area (Å²) in [5.41, 5.74) is 0.775. The Morgan fingerprint density at radius 1 is 1.30 bits per heavy atom. The first kappa shape index (κ1) is 16.8. The van der Waals surface area contributed by atoms with Gasteiger partial charge in [0.2, 0.25) is 11.7 Å². The molecule has 0 radical (unpaired) electrons. The number of carbonyl (C=O) groups is 1. The molecule has 2 rings (SSSR count). The molecule has 1 heterocycles. The summed E-state index contributed by atoms with van der Waals surface area (Å²) >= 11 is 0. The molecule has 1 aromatic heterocycles. The second kappa shape index (κ2) is 8.17. The Labute approximate surface area is 135 Å². The zero-order valence-electron chi connectivity index (χ0n) is 13.7. The molecule has 0 aliphatic rings. The number of nitrogens with zero attached hydrogens (tertiary/aromatic N) is 3. The number of benzene rings is 1. The van der Waals surface area contributed by atoms with E-state index in [9.17, 15) is 4.79 Å². The van der Waals surface area contributed by atoms with Crippen molar-refractivity contribution in [2.24, 2.45) is 0 Å². The highest BCUT2D eigenvalue weighted by Gasteiger charge is 2.13. The number of rotatable bonds is 7. The van der Waals surface area contributed by atoms with E-state index in [-0.39, 0.29) is 6.03 Å². The van der Waals surface area contributed by atoms with E-state index in [4.69, 9.17) is 9.26 Å². The number of carbonyl (C=O) groups excluding carboxylic acids is 1. The van der Waals surface area contributed by atoms with Crippen LogP contribution in [-0.2, 0) is 6.42 Å². The molecule has 7 heteroatoms. The lowest BCUT2D eigenvalue weighted by Gasteiger charge is -2.18. The zero-order valence-corrected chi connectivity index (χ0v) is 13.7. The number of amides is 2. The van der Waals surface area contributed by atoms with Crippen molar-refractivity contribution in [2.75, 3.05) is 26.7 Å². The van der Waals surface area contributed by atoms with E-state index in [0.29, 0.717) is 43.5 Å². The minimum Gasteiger partial charge on any atom is -0.496 e. The van der Waals surface area contributed by atoms with Crippen LogP contribution >= 0.6 is 0 Å². The summed E-state index contributed by atoms with van der Waals surface area (Å²) in [5, 5.41) is 6.81. The minimum atomic E-state index is -0.0838. The second-order valence-electron chi connectivity index (χ2n) is 4.87. The van der Waals surface area contributed by atoms with Gasteiger partial charge in [0.15, 0.2) is 0 Å². The largest absolute Gasteiger partial charge is 0.496 e. The summed E-state index contributed by atoms with van der Waals surface area (Å²) in [5.74, 6) is 1.65. The van der Waals surface area contributed by atoms with Crippen molar-refractivity contribution < 1.29 is 14.1 Å². The van der Waals surface area contributed by atoms with E-state index in [1.807, 2.05) is 38.1 Å². The molecule has 7 nitrogen and oxygen atoms in total. The predicted octanol–water partition coefficient (Wildman–Crippen LogP) is 2.34. The van der Waals surface area contributed by atoms with Gasteiger partial charge < -0.3 is 19.5 Å². The van der Waals surface area contributed by atoms with Crippen LogP contribution in [0.4, 0.5) is 4.79 Å². The Kier molecular flexibility index (Phi) is 5.96. The summed E-state index contributed by atoms with van der Waals surface area (Å²) in [4.78, 5) is 17.9. The topological polar surface area (TPSA) is 80.5 Å². The lowest BCUT2D eigenvalue weighted by Crippen LogP contribution is -2.40. The van der Waals surface area contributed by atoms with Gasteiger partial charge in [0.05, 0.1) is 12.7 Å². The number of ether oxygens (including phenoxy) is 1. The Hall–Kier alpha value is -2.57. The summed E-state index contributed by atoms with van der Waals surface area (Å²) in [7, 11) is 1.60. The van der Waals surface area contributed by atoms with Crippen molar-refractivity contribution in [1.29, 1.82) is 0 Å². The van der Waals surface area contributed by atoms with Crippen LogP contribution in [0.1, 0.15) is 19.7 Å². The summed E-state index contributed by atoms with van der Waals surface area (Å²) < 4.78 is 10.5. The highest BCUT2D eigenvalue weighted by Crippen LogP contribution is 2.26. The Bertz CT molecular complexity index is 638. The third-order valence-corrected chi connectivity index (χ3v) is 3.48. The predicted molar refractivity (Wildman–Crippen MR) is 86.3 cm³/mol. The molecule has 2 aromatic rings. The van der Waals surface area contributed by atoms with Crippen molar-refractivity contribution in [3.05, 3.63) is 30.2 Å². The van der Waals surface area contributed by atoms with E-state index >= 15 is 0 Å². The van der Waals surface area contributed by atoms with Crippen molar-refractivity contribution >= 4 is 6.03 Å². The first-order valence-corrected chi connectivity index (χ1v) is 7.68. The maximum Gasteiger partial charge on any atom is 0.317 e. The Morgan fingerprint density at radius 2 is 2.04 bits per heavy atom. The number of urea groups is 1. The van der Waals surface area contributed by atoms with E-state index in [0.717, 1.165) is 5.56 Å². The molecule has 0 atom stereocenters. The standard InChI is InChI=1S/C16H22N4O3/c1-4-20(5-2)16(21)17-11-10-14-18-15(19-23-14)12-8-6-7-9-13(12)22-3/h6-9H,4-5,10-11H2,1-3H3,(H,17,21). The summed E-state index contributed by atoms with van der Waals surface area (Å²) in [6.07, 6.45) is 0.481. The quantitative estimate of drug-likeness (QED) is 0.847. The van der Waals surface area contributed by atoms with Crippen molar-refractivity contribution in [3.8, 4) is 17.1 Å². The van der Waals surface area contributed by atoms with Gasteiger partial charge in [-0.15, -0.1) is 0 Å². The monoisotopic (exact) mass is 318 g/mol. The molecule has 1 N–H and O–H groups in total. The minimum absolute atomic E-state index is 0.0838. The number of hydrogen-bond donors (Lipinski definition) is 1. The van der Waals surface area contributed by atoms with Crippen LogP contribution in [0.2, 0.25) is 0 Å². The number of aromatic nitrogens is 2. The van der Waals surface area contributed by atoms with Crippen LogP contribution in [0.3, 0.4) is 0 Å². The SMILES string of the molecule is CCN(CC)C(=O)NCCc1nc(-c2ccccc2OC)no1. The third kappa shape index (κ3) is 4.21. The molecular weight excluding hydrogens is 296 g/mol. The maximum absolute atomic E-state index is 11.8. The molecule has 1 aromatic carbocycles. The number of para-hydroxylation sites is 1. The van der Waals surface area contributed by atoms with E-state index < -0.39 is 0 Å². The average molecular weight is 318 g/mol. The molecule has 23 heavy (non-hydrogen) atoms. The van der Waals surface area contributed by atoms with Crippen LogP contribution in [0, 0.1) is 0 Å². The molecule has 0 unspecified atom stereocenters. The Morgan fingerprint density at radius 3 is 2.74 bits per heavy atom. The van der Waals surface area contributed by atoms with Gasteiger partial charge in [-0.05, 0) is 26.0 Å². The van der Waals surface area contributed by atoms with Crippen LogP contribution in [0.25, 0.3) is 11.4 Å². The third-order valence-electron chi connectivity index (χ3n) is 3.48. The van der Waals surface area contributed by atoms with E-state index in [1.165, 1.54) is 0 Å². The van der Waals surface area contributed by atoms with Crippen molar-refractivity contribution in [3.63, 3.8) is 0 Å². The lowest BCUT2D eigenvalue weighted by molar-refractivity contribution is 0.203. The molecule has 2 amide bonds. The fraction of sp³-hybridized carbons (Fsp3) is 0.438. The van der Waals surface area contributed by atoms with E-state index in [2.05, 4.69) is 15.5 Å². The van der Waals surface area contributed by atoms with E-state index in [1.54, 1.807) is 12.0 Å². The average Bonchev–Trinajstić information content (AvgIpc) is 3.04. The fourth-order valence-corrected chi connectivity index (χ4v) is 2.19. The Balaban J connectivity index is 1.94. The molecule has 0 fully saturated rings. The zero-order chi connectivity index (χ0) is 16.7. The van der Waals surface area contributed by atoms with Gasteiger partial charge >= 0.3 is 6.03 Å². The highest BCUT2D eigenvalue weighted by molar-refractivity contribution is 5.74. The van der Waals surface area contributed by atoms with Crippen LogP contribution < -0.4 is 10.1 Å². The van der Waals surface area contributed by atoms with Crippen LogP contribution in [0.15, 0.2) is 28.8 Å². The van der Waals surface area contributed by atoms with Gasteiger partial charge in [-0.2, -0.15) is 4.98 Å². The molecule has 0 aliphatic carbocycles. The molecule has 0 spiro atoms. The van der Waals surface area contributed by atoms with Crippen molar-refractivity contribution in [1.82, 2.24) is 20.4 Å². The molecular formula is C16H22N4O3. The smallest absolute Gasteiger partial charge is 0.317 e. The van der Waals surface area contributed by atoms with Gasteiger partial charge in [-0.1, -0.05) is 17.3 Å². The molecule has 0 bridgehead atoms. The maximum atomic E-state index is 11.8. The molecule has 0 saturated carbocycles. The first-order valence-electron chi connectivity index (χ1n) is 7.68. The summed E-state index contributed by atoms with van der Waals surface area (Å²) in [6, 6.07) is 7.40. The highest BCUT2D eigenvalue weighted by atomic mass is 16.5. The first-order chi connectivity index (χ1) is 11.2. The molecule has 0 saturated heterocycles. The molecule has 124 valence electrons. The van der Waals surface area contributed by atoms with Gasteiger partial charge in [0.25, 0.3) is 0 Å². The normalized spacial score (nSPS) is 10.4. The van der Waals surface area contributed by atoms with Crippen LogP contribution in [-0.4, -0.2) is 47.8 Å². The van der Waals surface area contributed by atoms with Crippen molar-refractivity contribution in [2.45, 2.75) is 20.3 Å². The summed E-state index contributed by atoms with van der Waals surface area (Å²) in [6.45, 7) is 5.70. The van der Waals surface area contributed by atoms with Gasteiger partial charge in [0.1, 0.15) is 5.75 Å². The lowest BCUT2D eigenvalue weighted by atomic mass is 10.2.